The zero-order chi connectivity index (χ0) is 9.26. The summed E-state index contributed by atoms with van der Waals surface area (Å²) in [5, 5.41) is 0. The first-order valence-corrected chi connectivity index (χ1v) is 4.11. The minimum atomic E-state index is -0.253. The smallest absolute Gasteiger partial charge is 0.127 e. The lowest BCUT2D eigenvalue weighted by Crippen LogP contribution is -2.14. The maximum Gasteiger partial charge on any atom is 0.127 e. The van der Waals surface area contributed by atoms with Crippen molar-refractivity contribution >= 4 is 6.08 Å². The molecule has 0 saturated heterocycles. The van der Waals surface area contributed by atoms with Crippen LogP contribution in [0.5, 0.6) is 5.75 Å². The van der Waals surface area contributed by atoms with Gasteiger partial charge in [-0.1, -0.05) is 0 Å². The molecule has 0 fully saturated rings. The van der Waals surface area contributed by atoms with Crippen molar-refractivity contribution < 1.29 is 9.13 Å². The summed E-state index contributed by atoms with van der Waals surface area (Å²) in [7, 11) is 0. The SMILES string of the molecule is NCC1=Cc2cc(F)ccc2OC1. The third-order valence-corrected chi connectivity index (χ3v) is 2.01. The van der Waals surface area contributed by atoms with Gasteiger partial charge in [0.1, 0.15) is 18.2 Å². The summed E-state index contributed by atoms with van der Waals surface area (Å²) in [6, 6.07) is 4.47. The van der Waals surface area contributed by atoms with Crippen LogP contribution in [-0.2, 0) is 0 Å². The van der Waals surface area contributed by atoms with Crippen LogP contribution in [0.2, 0.25) is 0 Å². The van der Waals surface area contributed by atoms with Crippen molar-refractivity contribution in [3.05, 3.63) is 35.2 Å². The molecule has 0 atom stereocenters. The molecule has 1 heterocycles. The first-order valence-electron chi connectivity index (χ1n) is 4.11. The van der Waals surface area contributed by atoms with Crippen molar-refractivity contribution in [2.24, 2.45) is 5.73 Å². The van der Waals surface area contributed by atoms with Gasteiger partial charge < -0.3 is 10.5 Å². The highest BCUT2D eigenvalue weighted by molar-refractivity contribution is 5.62. The fourth-order valence-electron chi connectivity index (χ4n) is 1.31. The number of rotatable bonds is 1. The Morgan fingerprint density at radius 2 is 2.31 bits per heavy atom. The summed E-state index contributed by atoms with van der Waals surface area (Å²) in [5.41, 5.74) is 7.21. The number of hydrogen-bond acceptors (Lipinski definition) is 2. The Labute approximate surface area is 75.8 Å². The Morgan fingerprint density at radius 3 is 3.08 bits per heavy atom. The van der Waals surface area contributed by atoms with Crippen LogP contribution in [0.4, 0.5) is 4.39 Å². The first kappa shape index (κ1) is 8.26. The summed E-state index contributed by atoms with van der Waals surface area (Å²) < 4.78 is 18.2. The van der Waals surface area contributed by atoms with E-state index < -0.39 is 0 Å². The quantitative estimate of drug-likeness (QED) is 0.710. The van der Waals surface area contributed by atoms with Gasteiger partial charge in [-0.05, 0) is 29.8 Å². The Bertz CT molecular complexity index is 360. The van der Waals surface area contributed by atoms with Crippen molar-refractivity contribution in [1.82, 2.24) is 0 Å². The van der Waals surface area contributed by atoms with Crippen LogP contribution in [0, 0.1) is 5.82 Å². The lowest BCUT2D eigenvalue weighted by molar-refractivity contribution is 0.345. The van der Waals surface area contributed by atoms with E-state index in [0.717, 1.165) is 16.9 Å². The van der Waals surface area contributed by atoms with Gasteiger partial charge >= 0.3 is 0 Å². The summed E-state index contributed by atoms with van der Waals surface area (Å²) in [6.45, 7) is 0.963. The summed E-state index contributed by atoms with van der Waals surface area (Å²) in [6.07, 6.45) is 1.88. The third kappa shape index (κ3) is 1.55. The highest BCUT2D eigenvalue weighted by Crippen LogP contribution is 2.26. The first-order chi connectivity index (χ1) is 6.29. The van der Waals surface area contributed by atoms with Crippen molar-refractivity contribution in [1.29, 1.82) is 0 Å². The highest BCUT2D eigenvalue weighted by Gasteiger charge is 2.10. The van der Waals surface area contributed by atoms with Crippen molar-refractivity contribution in [3.8, 4) is 5.75 Å². The van der Waals surface area contributed by atoms with Gasteiger partial charge in [0.05, 0.1) is 0 Å². The molecule has 0 bridgehead atoms. The third-order valence-electron chi connectivity index (χ3n) is 2.01. The molecule has 2 N–H and O–H groups in total. The van der Waals surface area contributed by atoms with E-state index in [4.69, 9.17) is 10.5 Å². The van der Waals surface area contributed by atoms with E-state index in [-0.39, 0.29) is 5.82 Å². The average Bonchev–Trinajstić information content (AvgIpc) is 2.16. The van der Waals surface area contributed by atoms with Crippen LogP contribution in [0.25, 0.3) is 6.08 Å². The Kier molecular flexibility index (Phi) is 2.02. The molecule has 0 aromatic heterocycles. The van der Waals surface area contributed by atoms with Crippen LogP contribution in [0.1, 0.15) is 5.56 Å². The van der Waals surface area contributed by atoms with Gasteiger partial charge in [0.15, 0.2) is 0 Å². The van der Waals surface area contributed by atoms with Crippen LogP contribution in [0.3, 0.4) is 0 Å². The number of halogens is 1. The molecule has 0 unspecified atom stereocenters. The molecule has 0 amide bonds. The molecule has 0 radical (unpaired) electrons. The van der Waals surface area contributed by atoms with E-state index in [2.05, 4.69) is 0 Å². The fourth-order valence-corrected chi connectivity index (χ4v) is 1.31. The Balaban J connectivity index is 2.44. The molecule has 1 aromatic carbocycles. The van der Waals surface area contributed by atoms with Gasteiger partial charge in [0.2, 0.25) is 0 Å². The van der Waals surface area contributed by atoms with E-state index in [1.54, 1.807) is 6.07 Å². The van der Waals surface area contributed by atoms with Crippen molar-refractivity contribution in [2.45, 2.75) is 0 Å². The largest absolute Gasteiger partial charge is 0.489 e. The van der Waals surface area contributed by atoms with E-state index in [1.807, 2.05) is 6.08 Å². The predicted octanol–water partition coefficient (Wildman–Crippen LogP) is 1.56. The summed E-state index contributed by atoms with van der Waals surface area (Å²) in [5.74, 6) is 0.468. The van der Waals surface area contributed by atoms with Gasteiger partial charge in [-0.15, -0.1) is 0 Å². The van der Waals surface area contributed by atoms with E-state index in [0.29, 0.717) is 13.2 Å². The summed E-state index contributed by atoms with van der Waals surface area (Å²) in [4.78, 5) is 0. The second-order valence-electron chi connectivity index (χ2n) is 2.98. The van der Waals surface area contributed by atoms with Crippen LogP contribution in [0.15, 0.2) is 23.8 Å². The molecule has 68 valence electrons. The molecular weight excluding hydrogens is 169 g/mol. The van der Waals surface area contributed by atoms with Crippen LogP contribution >= 0.6 is 0 Å². The Morgan fingerprint density at radius 1 is 1.46 bits per heavy atom. The number of fused-ring (bicyclic) bond motifs is 1. The maximum absolute atomic E-state index is 12.8. The predicted molar refractivity (Wildman–Crippen MR) is 48.9 cm³/mol. The van der Waals surface area contributed by atoms with Crippen LogP contribution in [-0.4, -0.2) is 13.2 Å². The summed E-state index contributed by atoms with van der Waals surface area (Å²) >= 11 is 0. The molecule has 3 heteroatoms. The maximum atomic E-state index is 12.8. The highest BCUT2D eigenvalue weighted by atomic mass is 19.1. The number of nitrogens with two attached hydrogens (primary N) is 1. The van der Waals surface area contributed by atoms with E-state index in [9.17, 15) is 4.39 Å². The van der Waals surface area contributed by atoms with Gasteiger partial charge in [-0.2, -0.15) is 0 Å². The monoisotopic (exact) mass is 179 g/mol. The van der Waals surface area contributed by atoms with Crippen LogP contribution < -0.4 is 10.5 Å². The van der Waals surface area contributed by atoms with Crippen molar-refractivity contribution in [2.75, 3.05) is 13.2 Å². The zero-order valence-electron chi connectivity index (χ0n) is 7.09. The van der Waals surface area contributed by atoms with Gasteiger partial charge in [-0.25, -0.2) is 4.39 Å². The molecule has 0 aliphatic carbocycles. The molecular formula is C10H10FNO. The fraction of sp³-hybridized carbons (Fsp3) is 0.200. The van der Waals surface area contributed by atoms with E-state index >= 15 is 0 Å². The molecule has 2 rings (SSSR count). The molecule has 0 saturated carbocycles. The van der Waals surface area contributed by atoms with Gasteiger partial charge in [0.25, 0.3) is 0 Å². The topological polar surface area (TPSA) is 35.2 Å². The molecule has 1 aromatic rings. The minimum Gasteiger partial charge on any atom is -0.489 e. The zero-order valence-corrected chi connectivity index (χ0v) is 7.09. The lowest BCUT2D eigenvalue weighted by atomic mass is 10.1. The molecule has 0 spiro atoms. The van der Waals surface area contributed by atoms with Gasteiger partial charge in [-0.3, -0.25) is 0 Å². The Hall–Kier alpha value is -1.35. The lowest BCUT2D eigenvalue weighted by Gasteiger charge is -2.16. The van der Waals surface area contributed by atoms with Crippen molar-refractivity contribution in [3.63, 3.8) is 0 Å². The molecule has 1 aliphatic heterocycles. The van der Waals surface area contributed by atoms with E-state index in [1.165, 1.54) is 12.1 Å². The molecule has 1 aliphatic rings. The number of hydrogen-bond donors (Lipinski definition) is 1. The minimum absolute atomic E-state index is 0.253. The normalized spacial score (nSPS) is 14.5. The molecule has 2 nitrogen and oxygen atoms in total. The second kappa shape index (κ2) is 3.18. The average molecular weight is 179 g/mol. The number of benzene rings is 1. The standard InChI is InChI=1S/C10H10FNO/c11-9-1-2-10-8(4-9)3-7(5-12)6-13-10/h1-4H,5-6,12H2. The molecule has 13 heavy (non-hydrogen) atoms. The van der Waals surface area contributed by atoms with Gasteiger partial charge in [0, 0.05) is 12.1 Å². The second-order valence-corrected chi connectivity index (χ2v) is 2.98. The number of ether oxygens (including phenoxy) is 1.